The number of carboxylic acid groups (broad SMARTS) is 1. The van der Waals surface area contributed by atoms with Crippen LogP contribution in [0.4, 0.5) is 0 Å². The molecular weight excluding hydrogens is 374 g/mol. The number of oxazole rings is 1. The minimum Gasteiger partial charge on any atom is -0.496 e. The molecule has 0 bridgehead atoms. The number of carbonyl (C=O) groups is 1. The van der Waals surface area contributed by atoms with Crippen LogP contribution < -0.4 is 4.74 Å². The van der Waals surface area contributed by atoms with E-state index in [1.165, 1.54) is 0 Å². The predicted molar refractivity (Wildman–Crippen MR) is 94.8 cm³/mol. The molecule has 0 radical (unpaired) electrons. The first-order valence-corrected chi connectivity index (χ1v) is 7.98. The summed E-state index contributed by atoms with van der Waals surface area (Å²) in [4.78, 5) is 15.6. The first-order chi connectivity index (χ1) is 11.6. The van der Waals surface area contributed by atoms with Gasteiger partial charge in [0.15, 0.2) is 5.58 Å². The number of halogens is 1. The van der Waals surface area contributed by atoms with Crippen LogP contribution in [0.3, 0.4) is 0 Å². The zero-order chi connectivity index (χ0) is 17.1. The molecule has 6 heteroatoms. The molecule has 0 spiro atoms. The summed E-state index contributed by atoms with van der Waals surface area (Å²) in [6, 6.07) is 12.8. The molecule has 1 N–H and O–H groups in total. The molecule has 0 fully saturated rings. The topological polar surface area (TPSA) is 72.6 Å². The average molecular weight is 388 g/mol. The number of rotatable bonds is 5. The summed E-state index contributed by atoms with van der Waals surface area (Å²) < 4.78 is 11.9. The maximum Gasteiger partial charge on any atom is 0.308 e. The second-order valence-electron chi connectivity index (χ2n) is 5.11. The highest BCUT2D eigenvalue weighted by atomic mass is 79.9. The standard InChI is InChI=1S/C18H14BrNO4/c1-23-15-7-6-13(19)9-11(15)8-12(10-17(21)22)18-20-14-4-2-3-5-16(14)24-18/h2-9H,10H2,1H3,(H,21,22). The molecule has 5 nitrogen and oxygen atoms in total. The molecule has 1 heterocycles. The van der Waals surface area contributed by atoms with E-state index in [1.54, 1.807) is 25.3 Å². The SMILES string of the molecule is COc1ccc(Br)cc1C=C(CC(=O)O)c1nc2ccccc2o1. The number of ether oxygens (including phenoxy) is 1. The number of fused-ring (bicyclic) bond motifs is 1. The van der Waals surface area contributed by atoms with Gasteiger partial charge >= 0.3 is 5.97 Å². The fraction of sp³-hybridized carbons (Fsp3) is 0.111. The van der Waals surface area contributed by atoms with Crippen molar-refractivity contribution in [2.24, 2.45) is 0 Å². The molecule has 0 atom stereocenters. The third kappa shape index (κ3) is 3.49. The molecule has 0 saturated carbocycles. The molecule has 3 aromatic rings. The number of para-hydroxylation sites is 2. The third-order valence-corrected chi connectivity index (χ3v) is 3.92. The summed E-state index contributed by atoms with van der Waals surface area (Å²) in [6.07, 6.45) is 1.52. The fourth-order valence-electron chi connectivity index (χ4n) is 2.37. The lowest BCUT2D eigenvalue weighted by molar-refractivity contribution is -0.135. The van der Waals surface area contributed by atoms with Crippen molar-refractivity contribution in [1.29, 1.82) is 0 Å². The van der Waals surface area contributed by atoms with Gasteiger partial charge in [-0.1, -0.05) is 28.1 Å². The van der Waals surface area contributed by atoms with Crippen LogP contribution in [0.5, 0.6) is 5.75 Å². The largest absolute Gasteiger partial charge is 0.496 e. The van der Waals surface area contributed by atoms with Gasteiger partial charge in [0.2, 0.25) is 5.89 Å². The van der Waals surface area contributed by atoms with E-state index in [0.717, 1.165) is 10.0 Å². The predicted octanol–water partition coefficient (Wildman–Crippen LogP) is 4.61. The smallest absolute Gasteiger partial charge is 0.308 e. The van der Waals surface area contributed by atoms with E-state index in [9.17, 15) is 9.90 Å². The van der Waals surface area contributed by atoms with Gasteiger partial charge in [0.1, 0.15) is 11.3 Å². The second kappa shape index (κ2) is 6.88. The Balaban J connectivity index is 2.12. The van der Waals surface area contributed by atoms with Gasteiger partial charge in [-0.25, -0.2) is 4.98 Å². The van der Waals surface area contributed by atoms with E-state index >= 15 is 0 Å². The Bertz CT molecular complexity index is 897. The molecule has 0 saturated heterocycles. The molecule has 0 amide bonds. The van der Waals surface area contributed by atoms with Gasteiger partial charge in [0.25, 0.3) is 0 Å². The summed E-state index contributed by atoms with van der Waals surface area (Å²) in [6.45, 7) is 0. The first kappa shape index (κ1) is 16.3. The molecule has 2 aromatic carbocycles. The third-order valence-electron chi connectivity index (χ3n) is 3.43. The Morgan fingerprint density at radius 2 is 2.12 bits per heavy atom. The van der Waals surface area contributed by atoms with Crippen LogP contribution in [0.2, 0.25) is 0 Å². The molecule has 122 valence electrons. The van der Waals surface area contributed by atoms with Crippen LogP contribution in [-0.2, 0) is 4.79 Å². The summed E-state index contributed by atoms with van der Waals surface area (Å²) in [5.41, 5.74) is 2.51. The fourth-order valence-corrected chi connectivity index (χ4v) is 2.75. The second-order valence-corrected chi connectivity index (χ2v) is 6.03. The van der Waals surface area contributed by atoms with E-state index in [0.29, 0.717) is 28.3 Å². The molecule has 24 heavy (non-hydrogen) atoms. The van der Waals surface area contributed by atoms with Crippen LogP contribution in [0.25, 0.3) is 22.7 Å². The summed E-state index contributed by atoms with van der Waals surface area (Å²) in [5, 5.41) is 9.23. The summed E-state index contributed by atoms with van der Waals surface area (Å²) >= 11 is 3.41. The highest BCUT2D eigenvalue weighted by molar-refractivity contribution is 9.10. The molecule has 0 aliphatic heterocycles. The zero-order valence-corrected chi connectivity index (χ0v) is 14.4. The summed E-state index contributed by atoms with van der Waals surface area (Å²) in [7, 11) is 1.57. The average Bonchev–Trinajstić information content (AvgIpc) is 2.98. The number of aliphatic carboxylic acids is 1. The first-order valence-electron chi connectivity index (χ1n) is 7.18. The highest BCUT2D eigenvalue weighted by Gasteiger charge is 2.15. The van der Waals surface area contributed by atoms with Crippen molar-refractivity contribution in [2.75, 3.05) is 7.11 Å². The van der Waals surface area contributed by atoms with Gasteiger partial charge in [-0.2, -0.15) is 0 Å². The summed E-state index contributed by atoms with van der Waals surface area (Å²) in [5.74, 6) is -0.0321. The van der Waals surface area contributed by atoms with Crippen molar-refractivity contribution in [3.8, 4) is 5.75 Å². The number of hydrogen-bond donors (Lipinski definition) is 1. The van der Waals surface area contributed by atoms with Crippen molar-refractivity contribution in [1.82, 2.24) is 4.98 Å². The van der Waals surface area contributed by atoms with E-state index in [1.807, 2.05) is 30.3 Å². The van der Waals surface area contributed by atoms with Crippen LogP contribution in [0.15, 0.2) is 51.4 Å². The zero-order valence-electron chi connectivity index (χ0n) is 12.8. The van der Waals surface area contributed by atoms with E-state index in [4.69, 9.17) is 9.15 Å². The molecule has 0 aliphatic rings. The number of carboxylic acids is 1. The minimum atomic E-state index is -0.961. The van der Waals surface area contributed by atoms with E-state index in [2.05, 4.69) is 20.9 Å². The van der Waals surface area contributed by atoms with Gasteiger partial charge in [-0.05, 0) is 36.4 Å². The van der Waals surface area contributed by atoms with Crippen LogP contribution in [-0.4, -0.2) is 23.2 Å². The lowest BCUT2D eigenvalue weighted by Crippen LogP contribution is -1.98. The lowest BCUT2D eigenvalue weighted by Gasteiger charge is -2.07. The van der Waals surface area contributed by atoms with E-state index in [-0.39, 0.29) is 6.42 Å². The van der Waals surface area contributed by atoms with Crippen LogP contribution in [0.1, 0.15) is 17.9 Å². The number of methoxy groups -OCH3 is 1. The maximum atomic E-state index is 11.3. The van der Waals surface area contributed by atoms with Crippen molar-refractivity contribution in [3.05, 3.63) is 58.4 Å². The van der Waals surface area contributed by atoms with Crippen LogP contribution >= 0.6 is 15.9 Å². The Hall–Kier alpha value is -2.60. The normalized spacial score (nSPS) is 11.7. The van der Waals surface area contributed by atoms with Crippen LogP contribution in [0, 0.1) is 0 Å². The monoisotopic (exact) mass is 387 g/mol. The molecule has 0 aliphatic carbocycles. The maximum absolute atomic E-state index is 11.3. The van der Waals surface area contributed by atoms with Gasteiger partial charge in [-0.15, -0.1) is 0 Å². The van der Waals surface area contributed by atoms with E-state index < -0.39 is 5.97 Å². The Morgan fingerprint density at radius 1 is 1.33 bits per heavy atom. The van der Waals surface area contributed by atoms with Gasteiger partial charge in [0, 0.05) is 15.6 Å². The van der Waals surface area contributed by atoms with Gasteiger partial charge < -0.3 is 14.3 Å². The Kier molecular flexibility index (Phi) is 4.66. The molecule has 0 unspecified atom stereocenters. The minimum absolute atomic E-state index is 0.206. The quantitative estimate of drug-likeness (QED) is 0.691. The molecular formula is C18H14BrNO4. The number of aromatic nitrogens is 1. The van der Waals surface area contributed by atoms with Crippen molar-refractivity contribution >= 4 is 44.6 Å². The lowest BCUT2D eigenvalue weighted by atomic mass is 10.1. The highest BCUT2D eigenvalue weighted by Crippen LogP contribution is 2.30. The van der Waals surface area contributed by atoms with Gasteiger partial charge in [0.05, 0.1) is 13.5 Å². The molecule has 3 rings (SSSR count). The number of benzene rings is 2. The van der Waals surface area contributed by atoms with Crippen molar-refractivity contribution in [2.45, 2.75) is 6.42 Å². The Labute approximate surface area is 146 Å². The van der Waals surface area contributed by atoms with Gasteiger partial charge in [-0.3, -0.25) is 4.79 Å². The molecule has 1 aromatic heterocycles. The Morgan fingerprint density at radius 3 is 2.83 bits per heavy atom. The van der Waals surface area contributed by atoms with Crippen molar-refractivity contribution < 1.29 is 19.1 Å². The van der Waals surface area contributed by atoms with Crippen molar-refractivity contribution in [3.63, 3.8) is 0 Å². The number of hydrogen-bond acceptors (Lipinski definition) is 4. The number of nitrogens with zero attached hydrogens (tertiary/aromatic N) is 1.